The number of amides is 1. The average molecular weight is 495 g/mol. The number of aryl methyl sites for hydroxylation is 1. The molecule has 2 aromatic heterocycles. The lowest BCUT2D eigenvalue weighted by atomic mass is 10.3. The largest absolute Gasteiger partial charge is 0.372 e. The smallest absolute Gasteiger partial charge is 0.248 e. The Morgan fingerprint density at radius 1 is 1.32 bits per heavy atom. The molecule has 0 bridgehead atoms. The molecule has 0 saturated carbocycles. The van der Waals surface area contributed by atoms with Crippen LogP contribution in [-0.4, -0.2) is 88.9 Å². The van der Waals surface area contributed by atoms with Crippen LogP contribution in [0, 0.1) is 6.92 Å². The Kier molecular flexibility index (Phi) is 8.61. The monoisotopic (exact) mass is 494 g/mol. The minimum Gasteiger partial charge on any atom is -0.372 e. The van der Waals surface area contributed by atoms with Crippen molar-refractivity contribution in [2.24, 2.45) is 0 Å². The molecule has 0 spiro atoms. The number of aromatic nitrogens is 4. The Morgan fingerprint density at radius 2 is 2.16 bits per heavy atom. The van der Waals surface area contributed by atoms with Gasteiger partial charge in [-0.1, -0.05) is 0 Å². The van der Waals surface area contributed by atoms with E-state index < -0.39 is 0 Å². The molecule has 3 heterocycles. The van der Waals surface area contributed by atoms with Gasteiger partial charge in [-0.3, -0.25) is 9.48 Å². The second kappa shape index (κ2) is 11.4. The van der Waals surface area contributed by atoms with E-state index in [-0.39, 0.29) is 12.5 Å². The number of rotatable bonds is 10. The zero-order valence-corrected chi connectivity index (χ0v) is 20.0. The number of hydrogen-bond acceptors (Lipinski definition) is 8. The van der Waals surface area contributed by atoms with Crippen LogP contribution < -0.4 is 10.6 Å². The molecule has 31 heavy (non-hydrogen) atoms. The van der Waals surface area contributed by atoms with Crippen LogP contribution in [0.15, 0.2) is 16.9 Å². The van der Waals surface area contributed by atoms with Gasteiger partial charge >= 0.3 is 0 Å². The first kappa shape index (κ1) is 23.4. The van der Waals surface area contributed by atoms with E-state index in [0.29, 0.717) is 31.5 Å². The number of ether oxygens (including phenoxy) is 1. The number of nitrogens with one attached hydrogen (secondary N) is 2. The van der Waals surface area contributed by atoms with Crippen molar-refractivity contribution in [3.8, 4) is 0 Å². The lowest BCUT2D eigenvalue weighted by Crippen LogP contribution is -2.34. The summed E-state index contributed by atoms with van der Waals surface area (Å²) in [6.07, 6.45) is 5.40. The lowest BCUT2D eigenvalue weighted by Gasteiger charge is -2.19. The Balaban J connectivity index is 1.53. The van der Waals surface area contributed by atoms with Crippen molar-refractivity contribution in [2.45, 2.75) is 26.3 Å². The minimum atomic E-state index is 0.0636. The normalized spacial score (nSPS) is 14.7. The summed E-state index contributed by atoms with van der Waals surface area (Å²) in [4.78, 5) is 24.9. The van der Waals surface area contributed by atoms with Crippen molar-refractivity contribution in [3.05, 3.63) is 22.6 Å². The molecule has 0 atom stereocenters. The molecule has 170 valence electrons. The van der Waals surface area contributed by atoms with Gasteiger partial charge in [-0.2, -0.15) is 10.1 Å². The number of likely N-dealkylation sites (N-methyl/N-ethyl adjacent to an activating group) is 1. The van der Waals surface area contributed by atoms with Crippen LogP contribution >= 0.6 is 15.9 Å². The van der Waals surface area contributed by atoms with Gasteiger partial charge in [0.05, 0.1) is 22.4 Å². The molecule has 0 aliphatic carbocycles. The Hall–Kier alpha value is -2.24. The van der Waals surface area contributed by atoms with Crippen LogP contribution in [0.2, 0.25) is 0 Å². The van der Waals surface area contributed by atoms with E-state index in [1.807, 2.05) is 36.8 Å². The third-order valence-electron chi connectivity index (χ3n) is 4.91. The van der Waals surface area contributed by atoms with Crippen molar-refractivity contribution in [1.82, 2.24) is 29.5 Å². The van der Waals surface area contributed by atoms with Crippen molar-refractivity contribution >= 4 is 39.3 Å². The second-order valence-corrected chi connectivity index (χ2v) is 8.63. The summed E-state index contributed by atoms with van der Waals surface area (Å²) in [6.45, 7) is 6.68. The highest BCUT2D eigenvalue weighted by Gasteiger charge is 2.16. The highest BCUT2D eigenvalue weighted by Crippen LogP contribution is 2.23. The molecule has 1 aliphatic heterocycles. The Labute approximate surface area is 191 Å². The zero-order chi connectivity index (χ0) is 22.2. The molecule has 1 aliphatic rings. The summed E-state index contributed by atoms with van der Waals surface area (Å²) in [5.41, 5.74) is 1.78. The molecule has 2 aromatic rings. The minimum absolute atomic E-state index is 0.0636. The molecule has 1 amide bonds. The van der Waals surface area contributed by atoms with Gasteiger partial charge in [-0.25, -0.2) is 4.98 Å². The third kappa shape index (κ3) is 7.15. The van der Waals surface area contributed by atoms with Gasteiger partial charge in [0.1, 0.15) is 12.4 Å². The van der Waals surface area contributed by atoms with Crippen LogP contribution in [0.25, 0.3) is 0 Å². The predicted molar refractivity (Wildman–Crippen MR) is 124 cm³/mol. The summed E-state index contributed by atoms with van der Waals surface area (Å²) in [6, 6.07) is 0. The van der Waals surface area contributed by atoms with Crippen LogP contribution in [0.5, 0.6) is 0 Å². The van der Waals surface area contributed by atoms with Gasteiger partial charge in [-0.05, 0) is 49.8 Å². The SMILES string of the molecule is Cc1nn(CCN(C)C)cc1Nc1ncc(Br)c(NCCCN2CCCOCC2=O)n1. The topological polar surface area (TPSA) is 100 Å². The number of carbonyl (C=O) groups is 1. The van der Waals surface area contributed by atoms with E-state index in [1.54, 1.807) is 6.20 Å². The summed E-state index contributed by atoms with van der Waals surface area (Å²) < 4.78 is 7.99. The lowest BCUT2D eigenvalue weighted by molar-refractivity contribution is -0.133. The number of halogens is 1. The van der Waals surface area contributed by atoms with E-state index >= 15 is 0 Å². The summed E-state index contributed by atoms with van der Waals surface area (Å²) in [7, 11) is 4.08. The standard InChI is InChI=1S/C20H31BrN8O2/c1-15-17(13-29(26-15)10-9-27(2)3)24-20-23-12-16(21)19(25-20)22-6-4-7-28-8-5-11-31-14-18(28)30/h12-13H,4-11,14H2,1-3H3,(H2,22,23,24,25). The first-order chi connectivity index (χ1) is 14.9. The van der Waals surface area contributed by atoms with Crippen molar-refractivity contribution in [2.75, 3.05) is 64.1 Å². The molecule has 0 aromatic carbocycles. The van der Waals surface area contributed by atoms with Crippen molar-refractivity contribution in [3.63, 3.8) is 0 Å². The Bertz CT molecular complexity index is 873. The summed E-state index contributed by atoms with van der Waals surface area (Å²) in [5.74, 6) is 1.27. The zero-order valence-electron chi connectivity index (χ0n) is 18.4. The second-order valence-electron chi connectivity index (χ2n) is 7.78. The fraction of sp³-hybridized carbons (Fsp3) is 0.600. The fourth-order valence-corrected chi connectivity index (χ4v) is 3.51. The molecule has 2 N–H and O–H groups in total. The molecule has 1 saturated heterocycles. The first-order valence-electron chi connectivity index (χ1n) is 10.5. The summed E-state index contributed by atoms with van der Waals surface area (Å²) in [5, 5.41) is 11.1. The van der Waals surface area contributed by atoms with Crippen LogP contribution in [-0.2, 0) is 16.1 Å². The van der Waals surface area contributed by atoms with Crippen LogP contribution in [0.3, 0.4) is 0 Å². The average Bonchev–Trinajstić information content (AvgIpc) is 2.94. The first-order valence-corrected chi connectivity index (χ1v) is 11.3. The molecule has 1 fully saturated rings. The van der Waals surface area contributed by atoms with Crippen molar-refractivity contribution < 1.29 is 9.53 Å². The maximum atomic E-state index is 12.0. The number of nitrogens with zero attached hydrogens (tertiary/aromatic N) is 6. The van der Waals surface area contributed by atoms with Crippen LogP contribution in [0.1, 0.15) is 18.5 Å². The maximum absolute atomic E-state index is 12.0. The van der Waals surface area contributed by atoms with Gasteiger partial charge in [0.2, 0.25) is 11.9 Å². The molecular weight excluding hydrogens is 464 g/mol. The molecule has 10 nitrogen and oxygen atoms in total. The molecular formula is C20H31BrN8O2. The highest BCUT2D eigenvalue weighted by molar-refractivity contribution is 9.10. The number of hydrogen-bond donors (Lipinski definition) is 2. The molecule has 3 rings (SSSR count). The highest BCUT2D eigenvalue weighted by atomic mass is 79.9. The number of carbonyl (C=O) groups excluding carboxylic acids is 1. The maximum Gasteiger partial charge on any atom is 0.248 e. The van der Waals surface area contributed by atoms with Gasteiger partial charge in [0, 0.05) is 45.2 Å². The van der Waals surface area contributed by atoms with E-state index in [9.17, 15) is 4.79 Å². The van der Waals surface area contributed by atoms with Crippen LogP contribution in [0.4, 0.5) is 17.5 Å². The quantitative estimate of drug-likeness (QED) is 0.484. The van der Waals surface area contributed by atoms with Gasteiger partial charge in [-0.15, -0.1) is 0 Å². The summed E-state index contributed by atoms with van der Waals surface area (Å²) >= 11 is 3.50. The van der Waals surface area contributed by atoms with E-state index in [1.165, 1.54) is 0 Å². The van der Waals surface area contributed by atoms with Gasteiger partial charge < -0.3 is 25.2 Å². The predicted octanol–water partition coefficient (Wildman–Crippen LogP) is 2.10. The molecule has 0 unspecified atom stereocenters. The number of anilines is 3. The van der Waals surface area contributed by atoms with Gasteiger partial charge in [0.25, 0.3) is 0 Å². The molecule has 11 heteroatoms. The van der Waals surface area contributed by atoms with E-state index in [2.05, 4.69) is 46.5 Å². The fourth-order valence-electron chi connectivity index (χ4n) is 3.18. The third-order valence-corrected chi connectivity index (χ3v) is 5.49. The molecule has 0 radical (unpaired) electrons. The Morgan fingerprint density at radius 3 is 2.97 bits per heavy atom. The van der Waals surface area contributed by atoms with Crippen molar-refractivity contribution in [1.29, 1.82) is 0 Å². The van der Waals surface area contributed by atoms with Gasteiger partial charge in [0.15, 0.2) is 0 Å². The van der Waals surface area contributed by atoms with E-state index in [4.69, 9.17) is 4.74 Å². The van der Waals surface area contributed by atoms with E-state index in [0.717, 1.165) is 48.3 Å².